The van der Waals surface area contributed by atoms with Crippen LogP contribution in [-0.2, 0) is 25.5 Å². The minimum atomic E-state index is -0.847. The molecule has 2 aromatic carbocycles. The number of hydrogen-bond donors (Lipinski definition) is 0. The van der Waals surface area contributed by atoms with Gasteiger partial charge in [0.05, 0.1) is 25.0 Å². The Kier molecular flexibility index (Phi) is 7.12. The van der Waals surface area contributed by atoms with E-state index in [1.807, 2.05) is 59.5 Å². The summed E-state index contributed by atoms with van der Waals surface area (Å²) in [6.07, 6.45) is 0.483. The predicted molar refractivity (Wildman–Crippen MR) is 132 cm³/mol. The lowest BCUT2D eigenvalue weighted by molar-refractivity contribution is -0.138. The number of likely N-dealkylation sites (N-methyl/N-ethyl adjacent to an activating group) is 1. The summed E-state index contributed by atoms with van der Waals surface area (Å²) in [5, 5.41) is 0. The van der Waals surface area contributed by atoms with Crippen molar-refractivity contribution in [2.45, 2.75) is 30.9 Å². The molecule has 2 saturated heterocycles. The number of likely N-dealkylation sites (tertiary alicyclic amines) is 2. The molecule has 8 nitrogen and oxygen atoms in total. The minimum Gasteiger partial charge on any atom is -0.497 e. The van der Waals surface area contributed by atoms with Crippen molar-refractivity contribution in [2.24, 2.45) is 5.92 Å². The van der Waals surface area contributed by atoms with Gasteiger partial charge in [0.15, 0.2) is 0 Å². The molecule has 8 heteroatoms. The molecule has 1 spiro atoms. The van der Waals surface area contributed by atoms with E-state index in [4.69, 9.17) is 9.47 Å². The summed E-state index contributed by atoms with van der Waals surface area (Å²) in [7, 11) is 6.57. The van der Waals surface area contributed by atoms with Crippen LogP contribution in [0.25, 0.3) is 0 Å². The van der Waals surface area contributed by atoms with Crippen molar-refractivity contribution in [3.05, 3.63) is 60.2 Å². The molecule has 2 aliphatic heterocycles. The van der Waals surface area contributed by atoms with Crippen LogP contribution < -0.4 is 9.64 Å². The number of benzene rings is 2. The SMILES string of the molecule is COc1ccc(CC(=O)N2CCC3(CC2)[C@H](C(=O)N(C)c2ccccc2)[C@@H](OC)C(=O)N3C)cc1. The van der Waals surface area contributed by atoms with Crippen LogP contribution in [0.1, 0.15) is 18.4 Å². The second-order valence-electron chi connectivity index (χ2n) is 9.27. The zero-order chi connectivity index (χ0) is 25.2. The summed E-state index contributed by atoms with van der Waals surface area (Å²) in [5.74, 6) is -0.221. The first-order chi connectivity index (χ1) is 16.8. The molecule has 2 heterocycles. The van der Waals surface area contributed by atoms with Gasteiger partial charge in [-0.3, -0.25) is 14.4 Å². The molecule has 0 aromatic heterocycles. The standard InChI is InChI=1S/C27H33N3O5/c1-28(20-8-6-5-7-9-20)25(32)23-24(35-4)26(33)29(2)27(23)14-16-30(17-15-27)22(31)18-19-10-12-21(34-3)13-11-19/h5-13,23-24H,14-18H2,1-4H3/t23-,24+/m0/s1. The van der Waals surface area contributed by atoms with E-state index in [2.05, 4.69) is 0 Å². The third-order valence-corrected chi connectivity index (χ3v) is 7.61. The third-order valence-electron chi connectivity index (χ3n) is 7.61. The lowest BCUT2D eigenvalue weighted by Gasteiger charge is -2.46. The van der Waals surface area contributed by atoms with E-state index in [0.29, 0.717) is 32.4 Å². The molecule has 186 valence electrons. The summed E-state index contributed by atoms with van der Waals surface area (Å²) in [4.78, 5) is 45.0. The van der Waals surface area contributed by atoms with Gasteiger partial charge in [-0.05, 0) is 42.7 Å². The summed E-state index contributed by atoms with van der Waals surface area (Å²) >= 11 is 0. The Morgan fingerprint density at radius 3 is 2.23 bits per heavy atom. The number of piperidine rings is 1. The molecule has 35 heavy (non-hydrogen) atoms. The Morgan fingerprint density at radius 2 is 1.66 bits per heavy atom. The molecule has 0 radical (unpaired) electrons. The van der Waals surface area contributed by atoms with Crippen molar-refractivity contribution in [1.82, 2.24) is 9.80 Å². The van der Waals surface area contributed by atoms with Crippen LogP contribution in [-0.4, -0.2) is 80.6 Å². The lowest BCUT2D eigenvalue weighted by Crippen LogP contribution is -2.59. The number of ether oxygens (including phenoxy) is 2. The van der Waals surface area contributed by atoms with Crippen LogP contribution in [0, 0.1) is 5.92 Å². The third kappa shape index (κ3) is 4.50. The first-order valence-electron chi connectivity index (χ1n) is 11.9. The molecule has 0 N–H and O–H groups in total. The Balaban J connectivity index is 1.51. The molecule has 0 saturated carbocycles. The van der Waals surface area contributed by atoms with E-state index in [-0.39, 0.29) is 17.7 Å². The van der Waals surface area contributed by atoms with Gasteiger partial charge in [-0.15, -0.1) is 0 Å². The fourth-order valence-corrected chi connectivity index (χ4v) is 5.45. The average Bonchev–Trinajstić information content (AvgIpc) is 3.10. The highest BCUT2D eigenvalue weighted by atomic mass is 16.5. The second kappa shape index (κ2) is 10.1. The van der Waals surface area contributed by atoms with Gasteiger partial charge >= 0.3 is 0 Å². The zero-order valence-electron chi connectivity index (χ0n) is 20.8. The van der Waals surface area contributed by atoms with Crippen molar-refractivity contribution >= 4 is 23.4 Å². The molecule has 3 amide bonds. The Morgan fingerprint density at radius 1 is 1.03 bits per heavy atom. The van der Waals surface area contributed by atoms with Gasteiger partial charge in [0.2, 0.25) is 11.8 Å². The predicted octanol–water partition coefficient (Wildman–Crippen LogP) is 2.37. The number of methoxy groups -OCH3 is 2. The maximum Gasteiger partial charge on any atom is 0.252 e. The molecular formula is C27H33N3O5. The van der Waals surface area contributed by atoms with Gasteiger partial charge in [-0.25, -0.2) is 0 Å². The summed E-state index contributed by atoms with van der Waals surface area (Å²) in [6.45, 7) is 0.948. The van der Waals surface area contributed by atoms with Crippen molar-refractivity contribution in [3.8, 4) is 5.75 Å². The highest BCUT2D eigenvalue weighted by Gasteiger charge is 2.61. The molecule has 2 aliphatic rings. The van der Waals surface area contributed by atoms with Gasteiger partial charge in [0.1, 0.15) is 11.9 Å². The molecule has 4 rings (SSSR count). The fourth-order valence-electron chi connectivity index (χ4n) is 5.45. The van der Waals surface area contributed by atoms with E-state index in [1.54, 1.807) is 31.0 Å². The summed E-state index contributed by atoms with van der Waals surface area (Å²) < 4.78 is 10.8. The van der Waals surface area contributed by atoms with Crippen molar-refractivity contribution in [1.29, 1.82) is 0 Å². The second-order valence-corrected chi connectivity index (χ2v) is 9.27. The maximum atomic E-state index is 13.8. The van der Waals surface area contributed by atoms with E-state index < -0.39 is 17.6 Å². The number of para-hydroxylation sites is 1. The number of carbonyl (C=O) groups is 3. The van der Waals surface area contributed by atoms with Crippen molar-refractivity contribution in [3.63, 3.8) is 0 Å². The molecule has 2 aromatic rings. The van der Waals surface area contributed by atoms with E-state index in [0.717, 1.165) is 17.0 Å². The first kappa shape index (κ1) is 24.7. The van der Waals surface area contributed by atoms with Gasteiger partial charge in [0, 0.05) is 40.0 Å². The van der Waals surface area contributed by atoms with Crippen LogP contribution in [0.5, 0.6) is 5.75 Å². The fraction of sp³-hybridized carbons (Fsp3) is 0.444. The van der Waals surface area contributed by atoms with E-state index in [1.165, 1.54) is 7.11 Å². The van der Waals surface area contributed by atoms with Gasteiger partial charge in [-0.2, -0.15) is 0 Å². The molecule has 0 unspecified atom stereocenters. The molecular weight excluding hydrogens is 446 g/mol. The van der Waals surface area contributed by atoms with Gasteiger partial charge in [0.25, 0.3) is 5.91 Å². The van der Waals surface area contributed by atoms with E-state index >= 15 is 0 Å². The highest BCUT2D eigenvalue weighted by Crippen LogP contribution is 2.45. The maximum absolute atomic E-state index is 13.8. The zero-order valence-corrected chi connectivity index (χ0v) is 20.8. The summed E-state index contributed by atoms with van der Waals surface area (Å²) in [5.41, 5.74) is 0.979. The van der Waals surface area contributed by atoms with Crippen LogP contribution in [0.4, 0.5) is 5.69 Å². The average molecular weight is 480 g/mol. The number of carbonyl (C=O) groups excluding carboxylic acids is 3. The topological polar surface area (TPSA) is 79.4 Å². The number of amides is 3. The molecule has 0 bridgehead atoms. The number of nitrogens with zero attached hydrogens (tertiary/aromatic N) is 3. The Bertz CT molecular complexity index is 1060. The van der Waals surface area contributed by atoms with Crippen LogP contribution in [0.15, 0.2) is 54.6 Å². The molecule has 2 fully saturated rings. The highest BCUT2D eigenvalue weighted by molar-refractivity contribution is 6.02. The van der Waals surface area contributed by atoms with Crippen molar-refractivity contribution in [2.75, 3.05) is 46.3 Å². The van der Waals surface area contributed by atoms with Gasteiger partial charge in [-0.1, -0.05) is 30.3 Å². The van der Waals surface area contributed by atoms with Crippen LogP contribution >= 0.6 is 0 Å². The van der Waals surface area contributed by atoms with Crippen molar-refractivity contribution < 1.29 is 23.9 Å². The van der Waals surface area contributed by atoms with Crippen LogP contribution in [0.2, 0.25) is 0 Å². The monoisotopic (exact) mass is 479 g/mol. The van der Waals surface area contributed by atoms with E-state index in [9.17, 15) is 14.4 Å². The number of hydrogen-bond acceptors (Lipinski definition) is 5. The minimum absolute atomic E-state index is 0.0320. The quantitative estimate of drug-likeness (QED) is 0.636. The Labute approximate surface area is 206 Å². The normalized spacial score (nSPS) is 21.3. The largest absolute Gasteiger partial charge is 0.497 e. The first-order valence-corrected chi connectivity index (χ1v) is 11.9. The van der Waals surface area contributed by atoms with Gasteiger partial charge < -0.3 is 24.2 Å². The molecule has 0 aliphatic carbocycles. The van der Waals surface area contributed by atoms with Crippen LogP contribution in [0.3, 0.4) is 0 Å². The number of rotatable bonds is 6. The smallest absolute Gasteiger partial charge is 0.252 e. The summed E-state index contributed by atoms with van der Waals surface area (Å²) in [6, 6.07) is 16.9. The lowest BCUT2D eigenvalue weighted by atomic mass is 9.75. The Hall–Kier alpha value is -3.39. The molecule has 2 atom stereocenters. The number of anilines is 1.